The molecule has 2 amide bonds. The molecule has 0 aliphatic carbocycles. The monoisotopic (exact) mass is 431 g/mol. The highest BCUT2D eigenvalue weighted by Crippen LogP contribution is 2.19. The van der Waals surface area contributed by atoms with Gasteiger partial charge in [0, 0.05) is 36.3 Å². The third-order valence-corrected chi connectivity index (χ3v) is 5.89. The summed E-state index contributed by atoms with van der Waals surface area (Å²) in [5.41, 5.74) is 2.13. The molecule has 2 aromatic rings. The molecular weight excluding hydrogens is 406 g/mol. The Morgan fingerprint density at radius 3 is 2.20 bits per heavy atom. The number of anilines is 2. The van der Waals surface area contributed by atoms with Gasteiger partial charge >= 0.3 is 0 Å². The molecule has 0 atom stereocenters. The minimum Gasteiger partial charge on any atom is -0.379 e. The first-order valence-electron chi connectivity index (χ1n) is 9.54. The van der Waals surface area contributed by atoms with Crippen molar-refractivity contribution in [3.05, 3.63) is 53.6 Å². The summed E-state index contributed by atoms with van der Waals surface area (Å²) in [5, 5.41) is 5.59. The molecular formula is C21H25N3O5S. The van der Waals surface area contributed by atoms with E-state index in [2.05, 4.69) is 10.6 Å². The molecule has 30 heavy (non-hydrogen) atoms. The largest absolute Gasteiger partial charge is 0.379 e. The average molecular weight is 432 g/mol. The number of carbonyl (C=O) groups is 2. The molecule has 1 saturated heterocycles. The lowest BCUT2D eigenvalue weighted by atomic mass is 10.1. The molecule has 160 valence electrons. The second kappa shape index (κ2) is 9.38. The summed E-state index contributed by atoms with van der Waals surface area (Å²) < 4.78 is 28.8. The summed E-state index contributed by atoms with van der Waals surface area (Å²) in [6.45, 7) is 4.78. The van der Waals surface area contributed by atoms with Crippen LogP contribution in [0.2, 0.25) is 0 Å². The minimum absolute atomic E-state index is 0.0941. The van der Waals surface area contributed by atoms with Crippen LogP contribution in [0.1, 0.15) is 15.9 Å². The fraction of sp³-hybridized carbons (Fsp3) is 0.333. The molecule has 2 N–H and O–H groups in total. The highest BCUT2D eigenvalue weighted by molar-refractivity contribution is 7.90. The van der Waals surface area contributed by atoms with E-state index in [1.807, 2.05) is 4.90 Å². The van der Waals surface area contributed by atoms with Gasteiger partial charge in [0.15, 0.2) is 9.84 Å². The van der Waals surface area contributed by atoms with Crippen molar-refractivity contribution in [2.75, 3.05) is 49.7 Å². The lowest BCUT2D eigenvalue weighted by molar-refractivity contribution is -0.118. The second-order valence-electron chi connectivity index (χ2n) is 7.22. The number of benzene rings is 2. The molecule has 0 saturated carbocycles. The van der Waals surface area contributed by atoms with Gasteiger partial charge in [-0.25, -0.2) is 8.42 Å². The molecule has 1 aliphatic heterocycles. The van der Waals surface area contributed by atoms with Crippen molar-refractivity contribution in [2.24, 2.45) is 0 Å². The van der Waals surface area contributed by atoms with Crippen molar-refractivity contribution < 1.29 is 22.7 Å². The van der Waals surface area contributed by atoms with Gasteiger partial charge in [-0.15, -0.1) is 0 Å². The van der Waals surface area contributed by atoms with Crippen molar-refractivity contribution in [1.82, 2.24) is 4.90 Å². The van der Waals surface area contributed by atoms with Crippen LogP contribution in [0.5, 0.6) is 0 Å². The number of sulfone groups is 1. The fourth-order valence-corrected chi connectivity index (χ4v) is 3.72. The molecule has 2 aromatic carbocycles. The molecule has 9 heteroatoms. The summed E-state index contributed by atoms with van der Waals surface area (Å²) in [5.74, 6) is -0.510. The van der Waals surface area contributed by atoms with Crippen LogP contribution in [0.3, 0.4) is 0 Å². The predicted octanol–water partition coefficient (Wildman–Crippen LogP) is 1.92. The molecule has 1 heterocycles. The Balaban J connectivity index is 1.61. The van der Waals surface area contributed by atoms with E-state index in [4.69, 9.17) is 4.74 Å². The van der Waals surface area contributed by atoms with Crippen molar-refractivity contribution in [3.8, 4) is 0 Å². The van der Waals surface area contributed by atoms with Crippen LogP contribution in [0.25, 0.3) is 0 Å². The Hall–Kier alpha value is -2.75. The zero-order valence-electron chi connectivity index (χ0n) is 17.0. The van der Waals surface area contributed by atoms with Gasteiger partial charge in [0.25, 0.3) is 5.91 Å². The van der Waals surface area contributed by atoms with Gasteiger partial charge in [-0.1, -0.05) is 6.07 Å². The first-order valence-corrected chi connectivity index (χ1v) is 11.4. The Kier molecular flexibility index (Phi) is 6.86. The van der Waals surface area contributed by atoms with Gasteiger partial charge < -0.3 is 15.4 Å². The summed E-state index contributed by atoms with van der Waals surface area (Å²) in [6, 6.07) is 11.2. The smallest absolute Gasteiger partial charge is 0.255 e. The molecule has 8 nitrogen and oxygen atoms in total. The average Bonchev–Trinajstić information content (AvgIpc) is 2.69. The lowest BCUT2D eigenvalue weighted by Gasteiger charge is -2.25. The maximum absolute atomic E-state index is 12.6. The SMILES string of the molecule is Cc1ccc(S(C)(=O)=O)cc1C(=O)Nc1ccc(NC(=O)CN2CCOCC2)cc1. The van der Waals surface area contributed by atoms with Gasteiger partial charge in [0.2, 0.25) is 5.91 Å². The standard InChI is InChI=1S/C21H25N3O5S/c1-15-3-8-18(30(2,27)28)13-19(15)21(26)23-17-6-4-16(5-7-17)22-20(25)14-24-9-11-29-12-10-24/h3-8,13H,9-12,14H2,1-2H3,(H,22,25)(H,23,26). The minimum atomic E-state index is -3.41. The van der Waals surface area contributed by atoms with E-state index in [1.54, 1.807) is 37.3 Å². The van der Waals surface area contributed by atoms with E-state index >= 15 is 0 Å². The van der Waals surface area contributed by atoms with Crippen LogP contribution in [-0.2, 0) is 19.4 Å². The maximum Gasteiger partial charge on any atom is 0.255 e. The highest BCUT2D eigenvalue weighted by atomic mass is 32.2. The summed E-state index contributed by atoms with van der Waals surface area (Å²) in [6.07, 6.45) is 1.10. The molecule has 0 aromatic heterocycles. The van der Waals surface area contributed by atoms with Gasteiger partial charge in [-0.3, -0.25) is 14.5 Å². The van der Waals surface area contributed by atoms with Gasteiger partial charge in [0.1, 0.15) is 0 Å². The van der Waals surface area contributed by atoms with Gasteiger partial charge in [-0.2, -0.15) is 0 Å². The normalized spacial score (nSPS) is 14.9. The van der Waals surface area contributed by atoms with E-state index in [-0.39, 0.29) is 10.8 Å². The molecule has 1 aliphatic rings. The number of nitrogens with one attached hydrogen (secondary N) is 2. The van der Waals surface area contributed by atoms with Gasteiger partial charge in [-0.05, 0) is 48.9 Å². The molecule has 0 spiro atoms. The number of aryl methyl sites for hydroxylation is 1. The Morgan fingerprint density at radius 2 is 1.60 bits per heavy atom. The third kappa shape index (κ3) is 5.88. The van der Waals surface area contributed by atoms with Crippen molar-refractivity contribution in [2.45, 2.75) is 11.8 Å². The number of nitrogens with zero attached hydrogens (tertiary/aromatic N) is 1. The fourth-order valence-electron chi connectivity index (χ4n) is 3.07. The topological polar surface area (TPSA) is 105 Å². The van der Waals surface area contributed by atoms with Crippen LogP contribution < -0.4 is 10.6 Å². The van der Waals surface area contributed by atoms with E-state index in [1.165, 1.54) is 12.1 Å². The van der Waals surface area contributed by atoms with Crippen LogP contribution in [0.4, 0.5) is 11.4 Å². The molecule has 0 bridgehead atoms. The first kappa shape index (κ1) is 21.9. The maximum atomic E-state index is 12.6. The molecule has 0 unspecified atom stereocenters. The molecule has 0 radical (unpaired) electrons. The number of hydrogen-bond donors (Lipinski definition) is 2. The number of hydrogen-bond acceptors (Lipinski definition) is 6. The van der Waals surface area contributed by atoms with Gasteiger partial charge in [0.05, 0.1) is 24.7 Å². The zero-order chi connectivity index (χ0) is 21.7. The van der Waals surface area contributed by atoms with E-state index in [0.717, 1.165) is 19.3 Å². The van der Waals surface area contributed by atoms with E-state index < -0.39 is 15.7 Å². The Morgan fingerprint density at radius 1 is 1.00 bits per heavy atom. The summed E-state index contributed by atoms with van der Waals surface area (Å²) in [4.78, 5) is 26.9. The van der Waals surface area contributed by atoms with Crippen LogP contribution in [-0.4, -0.2) is 64.2 Å². The van der Waals surface area contributed by atoms with Crippen LogP contribution in [0.15, 0.2) is 47.4 Å². The van der Waals surface area contributed by atoms with Crippen LogP contribution in [0, 0.1) is 6.92 Å². The number of ether oxygens (including phenoxy) is 1. The zero-order valence-corrected chi connectivity index (χ0v) is 17.8. The number of carbonyl (C=O) groups excluding carboxylic acids is 2. The third-order valence-electron chi connectivity index (χ3n) is 4.78. The predicted molar refractivity (Wildman–Crippen MR) is 115 cm³/mol. The summed E-state index contributed by atoms with van der Waals surface area (Å²) >= 11 is 0. The Bertz CT molecular complexity index is 1030. The highest BCUT2D eigenvalue weighted by Gasteiger charge is 2.16. The number of rotatable bonds is 6. The summed E-state index contributed by atoms with van der Waals surface area (Å²) in [7, 11) is -3.41. The first-order chi connectivity index (χ1) is 14.2. The number of amides is 2. The molecule has 3 rings (SSSR count). The lowest BCUT2D eigenvalue weighted by Crippen LogP contribution is -2.41. The van der Waals surface area contributed by atoms with Crippen LogP contribution >= 0.6 is 0 Å². The number of morpholine rings is 1. The quantitative estimate of drug-likeness (QED) is 0.724. The Labute approximate surface area is 176 Å². The second-order valence-corrected chi connectivity index (χ2v) is 9.23. The van der Waals surface area contributed by atoms with Crippen molar-refractivity contribution >= 4 is 33.0 Å². The van der Waals surface area contributed by atoms with E-state index in [0.29, 0.717) is 42.3 Å². The van der Waals surface area contributed by atoms with Crippen molar-refractivity contribution in [1.29, 1.82) is 0 Å². The van der Waals surface area contributed by atoms with E-state index in [9.17, 15) is 18.0 Å². The van der Waals surface area contributed by atoms with Crippen molar-refractivity contribution in [3.63, 3.8) is 0 Å². The molecule has 1 fully saturated rings.